The fourth-order valence-corrected chi connectivity index (χ4v) is 3.48. The van der Waals surface area contributed by atoms with Crippen LogP contribution in [-0.4, -0.2) is 39.0 Å². The van der Waals surface area contributed by atoms with Crippen LogP contribution < -0.4 is 10.0 Å². The average molecular weight is 392 g/mol. The number of sulfonamides is 1. The van der Waals surface area contributed by atoms with E-state index in [2.05, 4.69) is 10.0 Å². The van der Waals surface area contributed by atoms with Crippen molar-refractivity contribution in [3.05, 3.63) is 42.5 Å². The van der Waals surface area contributed by atoms with E-state index >= 15 is 0 Å². The molecule has 0 bridgehead atoms. The van der Waals surface area contributed by atoms with Gasteiger partial charge in [-0.25, -0.2) is 13.1 Å². The van der Waals surface area contributed by atoms with Gasteiger partial charge in [0, 0.05) is 12.6 Å². The molecule has 1 atom stereocenters. The Morgan fingerprint density at radius 2 is 1.70 bits per heavy atom. The summed E-state index contributed by atoms with van der Waals surface area (Å²) in [5.41, 5.74) is 0. The molecule has 2 aromatic carbocycles. The van der Waals surface area contributed by atoms with Crippen molar-refractivity contribution in [2.24, 2.45) is 0 Å². The summed E-state index contributed by atoms with van der Waals surface area (Å²) in [4.78, 5) is 23.6. The normalized spacial score (nSPS) is 12.7. The molecule has 2 N–H and O–H groups in total. The van der Waals surface area contributed by atoms with Crippen LogP contribution in [0, 0.1) is 0 Å². The maximum absolute atomic E-state index is 12.4. The highest BCUT2D eigenvalue weighted by Gasteiger charge is 2.19. The first kappa shape index (κ1) is 20.9. The third kappa shape index (κ3) is 6.04. The Morgan fingerprint density at radius 1 is 1.04 bits per heavy atom. The van der Waals surface area contributed by atoms with E-state index in [9.17, 15) is 18.0 Å². The first-order chi connectivity index (χ1) is 12.7. The van der Waals surface area contributed by atoms with E-state index in [1.54, 1.807) is 26.0 Å². The molecular formula is C19H24N2O5S. The first-order valence-electron chi connectivity index (χ1n) is 8.67. The van der Waals surface area contributed by atoms with Crippen LogP contribution >= 0.6 is 0 Å². The van der Waals surface area contributed by atoms with Crippen LogP contribution in [0.4, 0.5) is 0 Å². The first-order valence-corrected chi connectivity index (χ1v) is 10.2. The Balaban J connectivity index is 1.89. The Morgan fingerprint density at radius 3 is 2.37 bits per heavy atom. The number of nitrogens with one attached hydrogen (secondary N) is 2. The van der Waals surface area contributed by atoms with Crippen molar-refractivity contribution in [3.63, 3.8) is 0 Å². The maximum Gasteiger partial charge on any atom is 0.307 e. The van der Waals surface area contributed by atoms with E-state index in [0.717, 1.165) is 10.8 Å². The van der Waals surface area contributed by atoms with Crippen molar-refractivity contribution >= 4 is 32.7 Å². The molecule has 0 saturated heterocycles. The molecule has 0 aliphatic rings. The van der Waals surface area contributed by atoms with Crippen molar-refractivity contribution in [1.82, 2.24) is 10.0 Å². The van der Waals surface area contributed by atoms with Gasteiger partial charge in [-0.2, -0.15) is 0 Å². The monoisotopic (exact) mass is 392 g/mol. The molecule has 2 rings (SSSR count). The van der Waals surface area contributed by atoms with Gasteiger partial charge in [-0.05, 0) is 43.7 Å². The summed E-state index contributed by atoms with van der Waals surface area (Å²) >= 11 is 0. The highest BCUT2D eigenvalue weighted by atomic mass is 32.2. The molecule has 0 aliphatic carbocycles. The molecule has 7 nitrogen and oxygen atoms in total. The van der Waals surface area contributed by atoms with E-state index in [1.807, 2.05) is 24.3 Å². The Kier molecular flexibility index (Phi) is 6.92. The van der Waals surface area contributed by atoms with Gasteiger partial charge in [0.05, 0.1) is 11.3 Å². The number of carbonyl (C=O) groups is 2. The Bertz CT molecular complexity index is 925. The second kappa shape index (κ2) is 8.96. The largest absolute Gasteiger partial charge is 0.453 e. The topological polar surface area (TPSA) is 102 Å². The number of esters is 1. The minimum atomic E-state index is -3.75. The van der Waals surface area contributed by atoms with E-state index in [0.29, 0.717) is 0 Å². The SMILES string of the molecule is CC(C)NC(=O)[C@H](C)OC(=O)CCNS(=O)(=O)c1ccc2ccccc2c1. The molecule has 0 saturated carbocycles. The van der Waals surface area contributed by atoms with Gasteiger partial charge in [-0.1, -0.05) is 30.3 Å². The average Bonchev–Trinajstić information content (AvgIpc) is 2.60. The van der Waals surface area contributed by atoms with Gasteiger partial charge < -0.3 is 10.1 Å². The zero-order valence-corrected chi connectivity index (χ0v) is 16.4. The summed E-state index contributed by atoms with van der Waals surface area (Å²) < 4.78 is 32.1. The van der Waals surface area contributed by atoms with Crippen molar-refractivity contribution in [1.29, 1.82) is 0 Å². The molecule has 8 heteroatoms. The van der Waals surface area contributed by atoms with Crippen LogP contribution in [0.25, 0.3) is 10.8 Å². The van der Waals surface area contributed by atoms with Crippen LogP contribution in [0.1, 0.15) is 27.2 Å². The third-order valence-electron chi connectivity index (χ3n) is 3.76. The van der Waals surface area contributed by atoms with Gasteiger partial charge in [0.15, 0.2) is 6.10 Å². The standard InChI is InChI=1S/C19H24N2O5S/c1-13(2)21-19(23)14(3)26-18(22)10-11-20-27(24,25)17-9-8-15-6-4-5-7-16(15)12-17/h4-9,12-14,20H,10-11H2,1-3H3,(H,21,23)/t14-/m0/s1. The van der Waals surface area contributed by atoms with E-state index < -0.39 is 28.0 Å². The van der Waals surface area contributed by atoms with Gasteiger partial charge in [0.1, 0.15) is 0 Å². The van der Waals surface area contributed by atoms with Gasteiger partial charge in [0.2, 0.25) is 10.0 Å². The summed E-state index contributed by atoms with van der Waals surface area (Å²) in [7, 11) is -3.75. The number of fused-ring (bicyclic) bond motifs is 1. The fourth-order valence-electron chi connectivity index (χ4n) is 2.42. The molecule has 0 aliphatic heterocycles. The van der Waals surface area contributed by atoms with Crippen molar-refractivity contribution in [3.8, 4) is 0 Å². The summed E-state index contributed by atoms with van der Waals surface area (Å²) in [6.45, 7) is 4.95. The van der Waals surface area contributed by atoms with E-state index in [1.165, 1.54) is 13.0 Å². The molecule has 0 radical (unpaired) electrons. The van der Waals surface area contributed by atoms with Gasteiger partial charge in [-0.15, -0.1) is 0 Å². The summed E-state index contributed by atoms with van der Waals surface area (Å²) in [5.74, 6) is -1.04. The number of carbonyl (C=O) groups excluding carboxylic acids is 2. The molecule has 0 fully saturated rings. The lowest BCUT2D eigenvalue weighted by molar-refractivity contribution is -0.154. The smallest absolute Gasteiger partial charge is 0.307 e. The summed E-state index contributed by atoms with van der Waals surface area (Å²) in [6.07, 6.45) is -1.11. The number of ether oxygens (including phenoxy) is 1. The second-order valence-corrected chi connectivity index (χ2v) is 8.22. The number of hydrogen-bond acceptors (Lipinski definition) is 5. The fraction of sp³-hybridized carbons (Fsp3) is 0.368. The van der Waals surface area contributed by atoms with Gasteiger partial charge in [-0.3, -0.25) is 9.59 Å². The Hall–Kier alpha value is -2.45. The summed E-state index contributed by atoms with van der Waals surface area (Å²) in [5, 5.41) is 4.39. The van der Waals surface area contributed by atoms with Crippen LogP contribution in [0.2, 0.25) is 0 Å². The number of benzene rings is 2. The molecular weight excluding hydrogens is 368 g/mol. The minimum Gasteiger partial charge on any atom is -0.453 e. The zero-order chi connectivity index (χ0) is 20.0. The number of amides is 1. The highest BCUT2D eigenvalue weighted by molar-refractivity contribution is 7.89. The van der Waals surface area contributed by atoms with Gasteiger partial charge in [0.25, 0.3) is 5.91 Å². The van der Waals surface area contributed by atoms with Crippen LogP contribution in [0.3, 0.4) is 0 Å². The van der Waals surface area contributed by atoms with Crippen LogP contribution in [0.5, 0.6) is 0 Å². The molecule has 1 amide bonds. The van der Waals surface area contributed by atoms with Gasteiger partial charge >= 0.3 is 5.97 Å². The predicted molar refractivity (Wildman–Crippen MR) is 103 cm³/mol. The maximum atomic E-state index is 12.4. The third-order valence-corrected chi connectivity index (χ3v) is 5.22. The molecule has 2 aromatic rings. The van der Waals surface area contributed by atoms with Crippen molar-refractivity contribution in [2.75, 3.05) is 6.54 Å². The minimum absolute atomic E-state index is 0.0626. The van der Waals surface area contributed by atoms with Crippen molar-refractivity contribution in [2.45, 2.75) is 44.2 Å². The lowest BCUT2D eigenvalue weighted by Crippen LogP contribution is -2.39. The van der Waals surface area contributed by atoms with Crippen molar-refractivity contribution < 1.29 is 22.7 Å². The lowest BCUT2D eigenvalue weighted by atomic mass is 10.1. The quantitative estimate of drug-likeness (QED) is 0.669. The zero-order valence-electron chi connectivity index (χ0n) is 15.6. The highest BCUT2D eigenvalue weighted by Crippen LogP contribution is 2.18. The molecule has 27 heavy (non-hydrogen) atoms. The Labute approximate surface area is 159 Å². The number of hydrogen-bond donors (Lipinski definition) is 2. The summed E-state index contributed by atoms with van der Waals surface area (Å²) in [6, 6.07) is 12.2. The lowest BCUT2D eigenvalue weighted by Gasteiger charge is -2.15. The van der Waals surface area contributed by atoms with E-state index in [-0.39, 0.29) is 23.9 Å². The number of rotatable bonds is 8. The molecule has 0 spiro atoms. The molecule has 0 aromatic heterocycles. The molecule has 0 heterocycles. The van der Waals surface area contributed by atoms with Crippen LogP contribution in [0.15, 0.2) is 47.4 Å². The van der Waals surface area contributed by atoms with E-state index in [4.69, 9.17) is 4.74 Å². The second-order valence-electron chi connectivity index (χ2n) is 6.45. The molecule has 146 valence electrons. The molecule has 0 unspecified atom stereocenters. The predicted octanol–water partition coefficient (Wildman–Crippen LogP) is 1.96. The van der Waals surface area contributed by atoms with Crippen LogP contribution in [-0.2, 0) is 24.3 Å².